The summed E-state index contributed by atoms with van der Waals surface area (Å²) in [6.45, 7) is 10.2. The lowest BCUT2D eigenvalue weighted by molar-refractivity contribution is -0.0754. The molecular formula is C19H33N. The van der Waals surface area contributed by atoms with Crippen molar-refractivity contribution in [3.8, 4) is 0 Å². The Labute approximate surface area is 125 Å². The topological polar surface area (TPSA) is 3.24 Å². The van der Waals surface area contributed by atoms with Crippen molar-refractivity contribution >= 4 is 0 Å². The van der Waals surface area contributed by atoms with E-state index in [1.165, 1.54) is 25.9 Å². The van der Waals surface area contributed by atoms with E-state index in [4.69, 9.17) is 0 Å². The molecule has 0 spiro atoms. The zero-order valence-corrected chi connectivity index (χ0v) is 13.8. The molecule has 5 aliphatic rings. The van der Waals surface area contributed by atoms with Crippen LogP contribution in [0.5, 0.6) is 0 Å². The Morgan fingerprint density at radius 3 is 2.00 bits per heavy atom. The van der Waals surface area contributed by atoms with Gasteiger partial charge in [0.15, 0.2) is 0 Å². The molecule has 1 nitrogen and oxygen atoms in total. The highest BCUT2D eigenvalue weighted by Crippen LogP contribution is 2.60. The largest absolute Gasteiger partial charge is 0.299 e. The van der Waals surface area contributed by atoms with Gasteiger partial charge in [-0.15, -0.1) is 0 Å². The number of rotatable bonds is 2. The Hall–Kier alpha value is -0.0400. The molecule has 0 N–H and O–H groups in total. The maximum Gasteiger partial charge on any atom is 0.0144 e. The molecule has 4 aliphatic carbocycles. The van der Waals surface area contributed by atoms with Gasteiger partial charge in [-0.05, 0) is 86.5 Å². The van der Waals surface area contributed by atoms with E-state index in [2.05, 4.69) is 25.7 Å². The van der Waals surface area contributed by atoms with Crippen LogP contribution in [0.3, 0.4) is 0 Å². The highest BCUT2D eigenvalue weighted by molar-refractivity contribution is 5.04. The molecule has 1 heteroatoms. The summed E-state index contributed by atoms with van der Waals surface area (Å²) < 4.78 is 0. The summed E-state index contributed by atoms with van der Waals surface area (Å²) in [5, 5.41) is 0. The van der Waals surface area contributed by atoms with Crippen LogP contribution in [-0.2, 0) is 0 Å². The molecule has 20 heavy (non-hydrogen) atoms. The van der Waals surface area contributed by atoms with Gasteiger partial charge in [0.05, 0.1) is 0 Å². The minimum Gasteiger partial charge on any atom is -0.299 e. The maximum absolute atomic E-state index is 2.91. The molecule has 1 atom stereocenters. The average Bonchev–Trinajstić information content (AvgIpc) is 2.73. The van der Waals surface area contributed by atoms with Crippen LogP contribution in [-0.4, -0.2) is 24.0 Å². The van der Waals surface area contributed by atoms with Crippen molar-refractivity contribution in [2.24, 2.45) is 28.6 Å². The minimum atomic E-state index is 0.471. The molecule has 1 heterocycles. The molecule has 5 rings (SSSR count). The van der Waals surface area contributed by atoms with Crippen LogP contribution in [0.25, 0.3) is 0 Å². The Morgan fingerprint density at radius 2 is 1.50 bits per heavy atom. The lowest BCUT2D eigenvalue weighted by atomic mass is 9.49. The maximum atomic E-state index is 2.91. The highest BCUT2D eigenvalue weighted by Gasteiger charge is 2.52. The second kappa shape index (κ2) is 4.48. The standard InChI is InChI=1S/C19H33N/c1-18(2,3)17-5-4-6-20(17)13-19-10-14-7-15(11-19)9-16(8-14)12-19/h14-17H,4-13H2,1-3H3/t14?,15?,16?,17-,19?/m1/s1. The van der Waals surface area contributed by atoms with Crippen molar-refractivity contribution in [3.05, 3.63) is 0 Å². The Kier molecular flexibility index (Phi) is 3.05. The van der Waals surface area contributed by atoms with E-state index in [-0.39, 0.29) is 0 Å². The fourth-order valence-corrected chi connectivity index (χ4v) is 6.91. The molecule has 0 aromatic rings. The van der Waals surface area contributed by atoms with Gasteiger partial charge in [-0.1, -0.05) is 20.8 Å². The van der Waals surface area contributed by atoms with Crippen molar-refractivity contribution in [2.45, 2.75) is 78.2 Å². The van der Waals surface area contributed by atoms with Gasteiger partial charge in [-0.3, -0.25) is 4.90 Å². The molecule has 0 radical (unpaired) electrons. The van der Waals surface area contributed by atoms with Crippen molar-refractivity contribution < 1.29 is 0 Å². The summed E-state index contributed by atoms with van der Waals surface area (Å²) in [6.07, 6.45) is 12.4. The normalized spacial score (nSPS) is 48.1. The van der Waals surface area contributed by atoms with Crippen LogP contribution in [0.1, 0.15) is 72.1 Å². The van der Waals surface area contributed by atoms with E-state index in [1.54, 1.807) is 38.5 Å². The smallest absolute Gasteiger partial charge is 0.0144 e. The summed E-state index contributed by atoms with van der Waals surface area (Å²) in [5.74, 6) is 3.32. The number of likely N-dealkylation sites (tertiary alicyclic amines) is 1. The Morgan fingerprint density at radius 1 is 0.950 bits per heavy atom. The number of hydrogen-bond donors (Lipinski definition) is 0. The predicted molar refractivity (Wildman–Crippen MR) is 84.7 cm³/mol. The summed E-state index contributed by atoms with van der Waals surface area (Å²) in [7, 11) is 0. The number of hydrogen-bond acceptors (Lipinski definition) is 1. The van der Waals surface area contributed by atoms with Crippen molar-refractivity contribution in [2.75, 3.05) is 13.1 Å². The Balaban J connectivity index is 1.51. The van der Waals surface area contributed by atoms with E-state index in [1.807, 2.05) is 0 Å². The first-order valence-corrected chi connectivity index (χ1v) is 9.18. The lowest BCUT2D eigenvalue weighted by Gasteiger charge is -2.58. The third-order valence-corrected chi connectivity index (χ3v) is 7.07. The summed E-state index contributed by atoms with van der Waals surface area (Å²) in [6, 6.07) is 0.843. The van der Waals surface area contributed by atoms with E-state index in [9.17, 15) is 0 Å². The predicted octanol–water partition coefficient (Wildman–Crippen LogP) is 4.71. The fraction of sp³-hybridized carbons (Fsp3) is 1.00. The van der Waals surface area contributed by atoms with Gasteiger partial charge >= 0.3 is 0 Å². The molecule has 0 aromatic carbocycles. The van der Waals surface area contributed by atoms with E-state index < -0.39 is 0 Å². The molecule has 114 valence electrons. The number of nitrogens with zero attached hydrogens (tertiary/aromatic N) is 1. The van der Waals surface area contributed by atoms with Gasteiger partial charge in [-0.25, -0.2) is 0 Å². The summed E-state index contributed by atoms with van der Waals surface area (Å²) in [4.78, 5) is 2.91. The monoisotopic (exact) mass is 275 g/mol. The van der Waals surface area contributed by atoms with Crippen LogP contribution in [0, 0.1) is 28.6 Å². The van der Waals surface area contributed by atoms with Gasteiger partial charge in [0, 0.05) is 12.6 Å². The zero-order valence-electron chi connectivity index (χ0n) is 13.8. The van der Waals surface area contributed by atoms with Gasteiger partial charge in [0.2, 0.25) is 0 Å². The molecule has 0 aromatic heterocycles. The van der Waals surface area contributed by atoms with Gasteiger partial charge in [0.25, 0.3) is 0 Å². The van der Waals surface area contributed by atoms with Crippen molar-refractivity contribution in [1.29, 1.82) is 0 Å². The zero-order chi connectivity index (χ0) is 14.0. The molecule has 0 amide bonds. The van der Waals surface area contributed by atoms with Gasteiger partial charge in [0.1, 0.15) is 0 Å². The van der Waals surface area contributed by atoms with E-state index in [0.29, 0.717) is 5.41 Å². The van der Waals surface area contributed by atoms with Crippen molar-refractivity contribution in [3.63, 3.8) is 0 Å². The molecule has 4 bridgehead atoms. The van der Waals surface area contributed by atoms with Crippen molar-refractivity contribution in [1.82, 2.24) is 4.90 Å². The minimum absolute atomic E-state index is 0.471. The lowest BCUT2D eigenvalue weighted by Crippen LogP contribution is -2.53. The molecule has 4 saturated carbocycles. The van der Waals surface area contributed by atoms with Crippen LogP contribution < -0.4 is 0 Å². The Bertz CT molecular complexity index is 342. The highest BCUT2D eigenvalue weighted by atomic mass is 15.2. The second-order valence-corrected chi connectivity index (χ2v) is 9.91. The van der Waals surface area contributed by atoms with Gasteiger partial charge in [-0.2, -0.15) is 0 Å². The van der Waals surface area contributed by atoms with Crippen LogP contribution in [0.4, 0.5) is 0 Å². The third kappa shape index (κ3) is 2.25. The third-order valence-electron chi connectivity index (χ3n) is 7.07. The molecule has 0 unspecified atom stereocenters. The second-order valence-electron chi connectivity index (χ2n) is 9.91. The first-order valence-electron chi connectivity index (χ1n) is 9.18. The summed E-state index contributed by atoms with van der Waals surface area (Å²) >= 11 is 0. The first-order chi connectivity index (χ1) is 9.44. The van der Waals surface area contributed by atoms with Crippen LogP contribution >= 0.6 is 0 Å². The van der Waals surface area contributed by atoms with Crippen LogP contribution in [0.2, 0.25) is 0 Å². The van der Waals surface area contributed by atoms with Gasteiger partial charge < -0.3 is 0 Å². The molecular weight excluding hydrogens is 242 g/mol. The first kappa shape index (κ1) is 13.6. The van der Waals surface area contributed by atoms with Crippen LogP contribution in [0.15, 0.2) is 0 Å². The fourth-order valence-electron chi connectivity index (χ4n) is 6.91. The molecule has 1 saturated heterocycles. The average molecular weight is 275 g/mol. The molecule has 5 fully saturated rings. The summed E-state index contributed by atoms with van der Waals surface area (Å²) in [5.41, 5.74) is 1.21. The SMILES string of the molecule is CC(C)(C)[C@H]1CCCN1CC12CC3CC(CC(C3)C1)C2. The van der Waals surface area contributed by atoms with E-state index in [0.717, 1.165) is 29.2 Å². The quantitative estimate of drug-likeness (QED) is 0.705. The van der Waals surface area contributed by atoms with E-state index >= 15 is 0 Å². The molecule has 1 aliphatic heterocycles.